The van der Waals surface area contributed by atoms with Crippen LogP contribution in [0, 0.1) is 0 Å². The molecule has 0 aliphatic carbocycles. The second kappa shape index (κ2) is 5.54. The van der Waals surface area contributed by atoms with E-state index < -0.39 is 0 Å². The fourth-order valence-corrected chi connectivity index (χ4v) is 1.12. The Morgan fingerprint density at radius 1 is 1.62 bits per heavy atom. The van der Waals surface area contributed by atoms with Gasteiger partial charge in [0.2, 0.25) is 0 Å². The van der Waals surface area contributed by atoms with Crippen LogP contribution >= 0.6 is 0 Å². The summed E-state index contributed by atoms with van der Waals surface area (Å²) in [5, 5.41) is 7.60. The third-order valence-corrected chi connectivity index (χ3v) is 1.82. The molecule has 13 heavy (non-hydrogen) atoms. The molecule has 1 heterocycles. The highest BCUT2D eigenvalue weighted by atomic mass is 15.2. The Kier molecular flexibility index (Phi) is 4.26. The first-order valence-electron chi connectivity index (χ1n) is 4.63. The summed E-state index contributed by atoms with van der Waals surface area (Å²) in [6.45, 7) is 3.96. The summed E-state index contributed by atoms with van der Waals surface area (Å²) >= 11 is 0. The van der Waals surface area contributed by atoms with Crippen molar-refractivity contribution in [3.8, 4) is 0 Å². The molecule has 0 amide bonds. The van der Waals surface area contributed by atoms with Gasteiger partial charge in [0.05, 0.1) is 5.69 Å². The average Bonchev–Trinajstić information content (AvgIpc) is 2.51. The molecule has 0 spiro atoms. The smallest absolute Gasteiger partial charge is 0.0637 e. The second-order valence-electron chi connectivity index (χ2n) is 3.00. The van der Waals surface area contributed by atoms with Crippen LogP contribution in [0.5, 0.6) is 0 Å². The molecule has 1 aromatic rings. The summed E-state index contributed by atoms with van der Waals surface area (Å²) in [7, 11) is 1.94. The van der Waals surface area contributed by atoms with Gasteiger partial charge in [-0.05, 0) is 13.0 Å². The van der Waals surface area contributed by atoms with Crippen molar-refractivity contribution >= 4 is 0 Å². The van der Waals surface area contributed by atoms with Crippen molar-refractivity contribution in [1.82, 2.24) is 15.1 Å². The summed E-state index contributed by atoms with van der Waals surface area (Å²) in [5.74, 6) is 0. The van der Waals surface area contributed by atoms with E-state index in [0.29, 0.717) is 0 Å². The van der Waals surface area contributed by atoms with Gasteiger partial charge >= 0.3 is 0 Å². The number of aryl methyl sites for hydroxylation is 1. The summed E-state index contributed by atoms with van der Waals surface area (Å²) in [6.07, 6.45) is 7.13. The van der Waals surface area contributed by atoms with E-state index in [0.717, 1.165) is 25.2 Å². The third-order valence-electron chi connectivity index (χ3n) is 1.82. The summed E-state index contributed by atoms with van der Waals surface area (Å²) in [6, 6.07) is 2.05. The lowest BCUT2D eigenvalue weighted by Gasteiger charge is -1.98. The minimum absolute atomic E-state index is 0.948. The van der Waals surface area contributed by atoms with Gasteiger partial charge < -0.3 is 5.32 Å². The monoisotopic (exact) mass is 179 g/mol. The number of rotatable bonds is 5. The number of aromatic nitrogens is 2. The zero-order valence-electron chi connectivity index (χ0n) is 8.33. The quantitative estimate of drug-likeness (QED) is 0.542. The zero-order chi connectivity index (χ0) is 9.52. The van der Waals surface area contributed by atoms with Crippen LogP contribution < -0.4 is 5.32 Å². The van der Waals surface area contributed by atoms with Crippen LogP contribution in [0.15, 0.2) is 24.4 Å². The summed E-state index contributed by atoms with van der Waals surface area (Å²) < 4.78 is 1.83. The lowest BCUT2D eigenvalue weighted by atomic mass is 10.3. The van der Waals surface area contributed by atoms with E-state index in [1.807, 2.05) is 30.9 Å². The number of nitrogens with zero attached hydrogens (tertiary/aromatic N) is 2. The molecular formula is C10H17N3. The van der Waals surface area contributed by atoms with Gasteiger partial charge in [0.15, 0.2) is 0 Å². The van der Waals surface area contributed by atoms with Crippen LogP contribution in [0.2, 0.25) is 0 Å². The first-order chi connectivity index (χ1) is 6.33. The molecule has 0 aliphatic rings. The van der Waals surface area contributed by atoms with Crippen LogP contribution in [0.4, 0.5) is 0 Å². The van der Waals surface area contributed by atoms with Crippen molar-refractivity contribution in [3.05, 3.63) is 30.1 Å². The minimum Gasteiger partial charge on any atom is -0.313 e. The predicted molar refractivity (Wildman–Crippen MR) is 54.6 cm³/mol. The van der Waals surface area contributed by atoms with E-state index in [4.69, 9.17) is 0 Å². The molecule has 0 fully saturated rings. The molecule has 72 valence electrons. The summed E-state index contributed by atoms with van der Waals surface area (Å²) in [5.41, 5.74) is 1.15. The Bertz CT molecular complexity index is 263. The van der Waals surface area contributed by atoms with Crippen molar-refractivity contribution in [2.75, 3.05) is 13.1 Å². The van der Waals surface area contributed by atoms with Crippen molar-refractivity contribution in [1.29, 1.82) is 0 Å². The van der Waals surface area contributed by atoms with Gasteiger partial charge in [-0.15, -0.1) is 0 Å². The molecule has 0 unspecified atom stereocenters. The van der Waals surface area contributed by atoms with Gasteiger partial charge in [-0.25, -0.2) is 0 Å². The zero-order valence-corrected chi connectivity index (χ0v) is 8.33. The molecule has 3 heteroatoms. The molecular weight excluding hydrogens is 162 g/mol. The van der Waals surface area contributed by atoms with Crippen molar-refractivity contribution in [2.45, 2.75) is 13.3 Å². The van der Waals surface area contributed by atoms with E-state index in [1.165, 1.54) is 0 Å². The van der Waals surface area contributed by atoms with E-state index >= 15 is 0 Å². The highest BCUT2D eigenvalue weighted by Gasteiger charge is 1.94. The van der Waals surface area contributed by atoms with E-state index in [9.17, 15) is 0 Å². The fourth-order valence-electron chi connectivity index (χ4n) is 1.12. The van der Waals surface area contributed by atoms with Gasteiger partial charge in [0, 0.05) is 32.8 Å². The largest absolute Gasteiger partial charge is 0.313 e. The molecule has 0 saturated carbocycles. The molecule has 0 atom stereocenters. The highest BCUT2D eigenvalue weighted by molar-refractivity contribution is 4.99. The van der Waals surface area contributed by atoms with Crippen LogP contribution in [0.3, 0.4) is 0 Å². The van der Waals surface area contributed by atoms with Crippen molar-refractivity contribution in [3.63, 3.8) is 0 Å². The molecule has 0 aliphatic heterocycles. The van der Waals surface area contributed by atoms with E-state index in [-0.39, 0.29) is 0 Å². The Hall–Kier alpha value is -1.09. The third kappa shape index (κ3) is 3.90. The van der Waals surface area contributed by atoms with Crippen LogP contribution in [0.1, 0.15) is 12.6 Å². The van der Waals surface area contributed by atoms with E-state index in [1.54, 1.807) is 0 Å². The first-order valence-corrected chi connectivity index (χ1v) is 4.63. The number of nitrogens with one attached hydrogen (secondary N) is 1. The van der Waals surface area contributed by atoms with Crippen LogP contribution in [-0.2, 0) is 13.5 Å². The number of hydrogen-bond acceptors (Lipinski definition) is 2. The van der Waals surface area contributed by atoms with Crippen molar-refractivity contribution in [2.24, 2.45) is 7.05 Å². The van der Waals surface area contributed by atoms with Gasteiger partial charge in [0.25, 0.3) is 0 Å². The van der Waals surface area contributed by atoms with Crippen molar-refractivity contribution < 1.29 is 0 Å². The predicted octanol–water partition coefficient (Wildman–Crippen LogP) is 1.13. The second-order valence-corrected chi connectivity index (χ2v) is 3.00. The maximum Gasteiger partial charge on any atom is 0.0637 e. The maximum atomic E-state index is 4.29. The normalized spacial score (nSPS) is 11.2. The highest BCUT2D eigenvalue weighted by Crippen LogP contribution is 1.93. The number of allylic oxidation sites excluding steroid dienone is 1. The SMILES string of the molecule is C/C=C/CNCCc1ccn(C)n1. The van der Waals surface area contributed by atoms with E-state index in [2.05, 4.69) is 22.6 Å². The lowest BCUT2D eigenvalue weighted by Crippen LogP contribution is -2.17. The number of hydrogen-bond donors (Lipinski definition) is 1. The van der Waals surface area contributed by atoms with Crippen LogP contribution in [-0.4, -0.2) is 22.9 Å². The average molecular weight is 179 g/mol. The molecule has 0 radical (unpaired) electrons. The van der Waals surface area contributed by atoms with Gasteiger partial charge in [-0.3, -0.25) is 4.68 Å². The molecule has 1 N–H and O–H groups in total. The molecule has 1 rings (SSSR count). The Balaban J connectivity index is 2.13. The molecule has 3 nitrogen and oxygen atoms in total. The molecule has 0 saturated heterocycles. The van der Waals surface area contributed by atoms with Gasteiger partial charge in [0.1, 0.15) is 0 Å². The Morgan fingerprint density at radius 2 is 2.46 bits per heavy atom. The topological polar surface area (TPSA) is 29.9 Å². The molecule has 1 aromatic heterocycles. The lowest BCUT2D eigenvalue weighted by molar-refractivity contribution is 0.700. The standard InChI is InChI=1S/C10H17N3/c1-3-4-7-11-8-5-10-6-9-13(2)12-10/h3-4,6,9,11H,5,7-8H2,1-2H3/b4-3+. The molecule has 0 aromatic carbocycles. The Morgan fingerprint density at radius 3 is 3.08 bits per heavy atom. The first kappa shape index (κ1) is 9.99. The summed E-state index contributed by atoms with van der Waals surface area (Å²) in [4.78, 5) is 0. The Labute approximate surface area is 79.5 Å². The van der Waals surface area contributed by atoms with Gasteiger partial charge in [-0.1, -0.05) is 12.2 Å². The van der Waals surface area contributed by atoms with Gasteiger partial charge in [-0.2, -0.15) is 5.10 Å². The fraction of sp³-hybridized carbons (Fsp3) is 0.500. The minimum atomic E-state index is 0.948. The maximum absolute atomic E-state index is 4.29. The molecule has 0 bridgehead atoms. The van der Waals surface area contributed by atoms with Crippen LogP contribution in [0.25, 0.3) is 0 Å².